The number of amides is 2. The summed E-state index contributed by atoms with van der Waals surface area (Å²) in [4.78, 5) is 24.2. The van der Waals surface area contributed by atoms with Gasteiger partial charge in [0.1, 0.15) is 0 Å². The Labute approximate surface area is 119 Å². The van der Waals surface area contributed by atoms with Gasteiger partial charge in [0.05, 0.1) is 24.0 Å². The number of carboxylic acids is 1. The summed E-state index contributed by atoms with van der Waals surface area (Å²) in [6, 6.07) is -1.17. The topological polar surface area (TPSA) is 104 Å². The van der Waals surface area contributed by atoms with E-state index in [2.05, 4.69) is 5.32 Å². The fourth-order valence-electron chi connectivity index (χ4n) is 2.03. The lowest BCUT2D eigenvalue weighted by Gasteiger charge is -2.34. The number of urea groups is 1. The number of nitrogens with one attached hydrogen (secondary N) is 1. The van der Waals surface area contributed by atoms with Gasteiger partial charge in [-0.3, -0.25) is 4.79 Å². The van der Waals surface area contributed by atoms with Crippen LogP contribution in [0.2, 0.25) is 0 Å². The highest BCUT2D eigenvalue weighted by Gasteiger charge is 2.35. The normalized spacial score (nSPS) is 23.1. The van der Waals surface area contributed by atoms with Gasteiger partial charge < -0.3 is 15.3 Å². The summed E-state index contributed by atoms with van der Waals surface area (Å²) in [5.41, 5.74) is 0. The van der Waals surface area contributed by atoms with E-state index < -0.39 is 21.8 Å². The second-order valence-electron chi connectivity index (χ2n) is 5.26. The lowest BCUT2D eigenvalue weighted by molar-refractivity contribution is -0.138. The number of hydrogen-bond acceptors (Lipinski definition) is 4. The number of carboxylic acid groups (broad SMARTS) is 1. The molecule has 2 N–H and O–H groups in total. The standard InChI is InChI=1S/C12H22N2O5S/c1-3-9(2)7-13-12(17)14-4-5-20(18,19)8-10(14)6-11(15)16/h9-10H,3-8H2,1-2H3,(H,13,17)(H,15,16). The highest BCUT2D eigenvalue weighted by atomic mass is 32.2. The van der Waals surface area contributed by atoms with Crippen molar-refractivity contribution < 1.29 is 23.1 Å². The quantitative estimate of drug-likeness (QED) is 0.761. The zero-order chi connectivity index (χ0) is 15.3. The van der Waals surface area contributed by atoms with Crippen molar-refractivity contribution in [1.82, 2.24) is 10.2 Å². The van der Waals surface area contributed by atoms with Gasteiger partial charge in [-0.1, -0.05) is 20.3 Å². The highest BCUT2D eigenvalue weighted by Crippen LogP contribution is 2.15. The Morgan fingerprint density at radius 2 is 2.10 bits per heavy atom. The first-order valence-electron chi connectivity index (χ1n) is 6.72. The first kappa shape index (κ1) is 16.7. The van der Waals surface area contributed by atoms with E-state index in [0.717, 1.165) is 6.42 Å². The molecule has 0 saturated carbocycles. The number of carbonyl (C=O) groups is 2. The average molecular weight is 306 g/mol. The molecular formula is C12H22N2O5S. The first-order valence-corrected chi connectivity index (χ1v) is 8.54. The Hall–Kier alpha value is -1.31. The summed E-state index contributed by atoms with van der Waals surface area (Å²) >= 11 is 0. The molecule has 1 heterocycles. The number of aliphatic carboxylic acids is 1. The van der Waals surface area contributed by atoms with Gasteiger partial charge in [-0.05, 0) is 5.92 Å². The molecule has 1 saturated heterocycles. The smallest absolute Gasteiger partial charge is 0.317 e. The number of nitrogens with zero attached hydrogens (tertiary/aromatic N) is 1. The van der Waals surface area contributed by atoms with Crippen molar-refractivity contribution in [2.75, 3.05) is 24.6 Å². The van der Waals surface area contributed by atoms with Gasteiger partial charge in [-0.25, -0.2) is 13.2 Å². The monoisotopic (exact) mass is 306 g/mol. The van der Waals surface area contributed by atoms with Crippen LogP contribution < -0.4 is 5.32 Å². The van der Waals surface area contributed by atoms with Crippen molar-refractivity contribution in [3.8, 4) is 0 Å². The van der Waals surface area contributed by atoms with Crippen molar-refractivity contribution in [2.45, 2.75) is 32.7 Å². The van der Waals surface area contributed by atoms with E-state index in [0.29, 0.717) is 12.5 Å². The van der Waals surface area contributed by atoms with Crippen LogP contribution in [0.1, 0.15) is 26.7 Å². The molecule has 0 bridgehead atoms. The number of sulfone groups is 1. The molecule has 8 heteroatoms. The highest BCUT2D eigenvalue weighted by molar-refractivity contribution is 7.91. The van der Waals surface area contributed by atoms with Crippen molar-refractivity contribution in [3.05, 3.63) is 0 Å². The average Bonchev–Trinajstić information content (AvgIpc) is 2.33. The van der Waals surface area contributed by atoms with Gasteiger partial charge in [0.15, 0.2) is 9.84 Å². The van der Waals surface area contributed by atoms with Gasteiger partial charge in [-0.2, -0.15) is 0 Å². The predicted molar refractivity (Wildman–Crippen MR) is 74.3 cm³/mol. The van der Waals surface area contributed by atoms with Gasteiger partial charge in [0.25, 0.3) is 0 Å². The molecule has 7 nitrogen and oxygen atoms in total. The number of carbonyl (C=O) groups excluding carboxylic acids is 1. The molecule has 0 spiro atoms. The van der Waals surface area contributed by atoms with Gasteiger partial charge in [0.2, 0.25) is 0 Å². The van der Waals surface area contributed by atoms with Gasteiger partial charge in [0, 0.05) is 13.1 Å². The Kier molecular flexibility index (Phi) is 5.79. The second-order valence-corrected chi connectivity index (χ2v) is 7.49. The molecule has 0 aromatic rings. The molecule has 0 radical (unpaired) electrons. The summed E-state index contributed by atoms with van der Waals surface area (Å²) in [7, 11) is -3.26. The van der Waals surface area contributed by atoms with E-state index in [4.69, 9.17) is 5.11 Å². The minimum Gasteiger partial charge on any atom is -0.481 e. The third-order valence-corrected chi connectivity index (χ3v) is 5.20. The van der Waals surface area contributed by atoms with E-state index in [-0.39, 0.29) is 30.5 Å². The maximum atomic E-state index is 12.0. The molecule has 0 aliphatic carbocycles. The van der Waals surface area contributed by atoms with Crippen molar-refractivity contribution in [2.24, 2.45) is 5.92 Å². The van der Waals surface area contributed by atoms with Crippen LogP contribution in [0.3, 0.4) is 0 Å². The summed E-state index contributed by atoms with van der Waals surface area (Å²) in [6.07, 6.45) is 0.573. The Bertz CT molecular complexity index is 462. The largest absolute Gasteiger partial charge is 0.481 e. The molecule has 0 aromatic carbocycles. The summed E-state index contributed by atoms with van der Waals surface area (Å²) in [5, 5.41) is 11.6. The molecule has 20 heavy (non-hydrogen) atoms. The summed E-state index contributed by atoms with van der Waals surface area (Å²) < 4.78 is 23.1. The molecule has 2 amide bonds. The van der Waals surface area contributed by atoms with Crippen LogP contribution in [0, 0.1) is 5.92 Å². The molecule has 2 unspecified atom stereocenters. The van der Waals surface area contributed by atoms with Crippen molar-refractivity contribution in [3.63, 3.8) is 0 Å². The lowest BCUT2D eigenvalue weighted by Crippen LogP contribution is -2.55. The molecule has 2 atom stereocenters. The number of rotatable bonds is 5. The van der Waals surface area contributed by atoms with Crippen LogP contribution in [0.15, 0.2) is 0 Å². The zero-order valence-corrected chi connectivity index (χ0v) is 12.6. The molecule has 116 valence electrons. The third-order valence-electron chi connectivity index (χ3n) is 3.50. The van der Waals surface area contributed by atoms with Gasteiger partial charge in [-0.15, -0.1) is 0 Å². The summed E-state index contributed by atoms with van der Waals surface area (Å²) in [5.74, 6) is -1.17. The fraction of sp³-hybridized carbons (Fsp3) is 0.833. The van der Waals surface area contributed by atoms with E-state index in [1.54, 1.807) is 0 Å². The van der Waals surface area contributed by atoms with E-state index in [1.165, 1.54) is 4.90 Å². The van der Waals surface area contributed by atoms with Crippen molar-refractivity contribution >= 4 is 21.8 Å². The zero-order valence-electron chi connectivity index (χ0n) is 11.8. The van der Waals surface area contributed by atoms with Crippen LogP contribution >= 0.6 is 0 Å². The Balaban J connectivity index is 2.69. The maximum absolute atomic E-state index is 12.0. The van der Waals surface area contributed by atoms with E-state index in [1.807, 2.05) is 13.8 Å². The molecule has 1 aliphatic rings. The van der Waals surface area contributed by atoms with E-state index in [9.17, 15) is 18.0 Å². The molecular weight excluding hydrogens is 284 g/mol. The second kappa shape index (κ2) is 6.92. The number of hydrogen-bond donors (Lipinski definition) is 2. The minimum atomic E-state index is -3.26. The molecule has 1 rings (SSSR count). The van der Waals surface area contributed by atoms with E-state index >= 15 is 0 Å². The van der Waals surface area contributed by atoms with Gasteiger partial charge >= 0.3 is 12.0 Å². The first-order chi connectivity index (χ1) is 9.25. The molecule has 0 aromatic heterocycles. The third kappa shape index (κ3) is 4.99. The SMILES string of the molecule is CCC(C)CNC(=O)N1CCS(=O)(=O)CC1CC(=O)O. The Morgan fingerprint density at radius 1 is 1.45 bits per heavy atom. The minimum absolute atomic E-state index is 0.0482. The predicted octanol–water partition coefficient (Wildman–Crippen LogP) is 0.316. The Morgan fingerprint density at radius 3 is 2.65 bits per heavy atom. The lowest BCUT2D eigenvalue weighted by atomic mass is 10.1. The van der Waals surface area contributed by atoms with Crippen LogP contribution in [0.25, 0.3) is 0 Å². The van der Waals surface area contributed by atoms with Crippen LogP contribution in [0.5, 0.6) is 0 Å². The summed E-state index contributed by atoms with van der Waals surface area (Å²) in [6.45, 7) is 4.55. The molecule has 1 fully saturated rings. The van der Waals surface area contributed by atoms with Crippen molar-refractivity contribution in [1.29, 1.82) is 0 Å². The maximum Gasteiger partial charge on any atom is 0.317 e. The van der Waals surface area contributed by atoms with Crippen LogP contribution in [-0.4, -0.2) is 61.1 Å². The van der Waals surface area contributed by atoms with Crippen LogP contribution in [0.4, 0.5) is 4.79 Å². The van der Waals surface area contributed by atoms with Crippen LogP contribution in [-0.2, 0) is 14.6 Å². The molecule has 1 aliphatic heterocycles. The fourth-order valence-corrected chi connectivity index (χ4v) is 3.56.